The molecule has 0 aliphatic carbocycles. The number of aryl methyl sites for hydroxylation is 1. The van der Waals surface area contributed by atoms with Crippen LogP contribution in [0.1, 0.15) is 40.6 Å². The van der Waals surface area contributed by atoms with Crippen LogP contribution in [-0.4, -0.2) is 36.0 Å². The standard InChI is InChI=1S/C23H18F3N5O/c1-29-22(12-9-15(24)20(26)16(25)10-12)14-11-13-5-6-17(21(14)28-29)31(13)23(32)18-3-2-4-19-27-7-8-30(18)19/h2-4,7-10,13,17H,5-6,11H2,1H3/t13-,17+/m0/s1. The third-order valence-electron chi connectivity index (χ3n) is 6.57. The molecular weight excluding hydrogens is 419 g/mol. The van der Waals surface area contributed by atoms with E-state index in [0.29, 0.717) is 23.5 Å². The van der Waals surface area contributed by atoms with Crippen LogP contribution in [0.2, 0.25) is 0 Å². The summed E-state index contributed by atoms with van der Waals surface area (Å²) in [6.07, 6.45) is 5.49. The quantitative estimate of drug-likeness (QED) is 0.445. The lowest BCUT2D eigenvalue weighted by atomic mass is 9.94. The van der Waals surface area contributed by atoms with Gasteiger partial charge < -0.3 is 4.90 Å². The lowest BCUT2D eigenvalue weighted by molar-refractivity contribution is 0.0635. The van der Waals surface area contributed by atoms with Gasteiger partial charge >= 0.3 is 0 Å². The van der Waals surface area contributed by atoms with Crippen molar-refractivity contribution in [1.29, 1.82) is 0 Å². The van der Waals surface area contributed by atoms with Gasteiger partial charge in [0.1, 0.15) is 11.3 Å². The Morgan fingerprint density at radius 3 is 2.69 bits per heavy atom. The largest absolute Gasteiger partial charge is 0.325 e. The molecule has 2 atom stereocenters. The van der Waals surface area contributed by atoms with Crippen molar-refractivity contribution in [2.24, 2.45) is 7.05 Å². The van der Waals surface area contributed by atoms with Gasteiger partial charge in [-0.1, -0.05) is 6.07 Å². The summed E-state index contributed by atoms with van der Waals surface area (Å²) in [4.78, 5) is 19.7. The van der Waals surface area contributed by atoms with Gasteiger partial charge in [-0.25, -0.2) is 18.2 Å². The molecule has 32 heavy (non-hydrogen) atoms. The first-order chi connectivity index (χ1) is 15.4. The number of nitrogens with zero attached hydrogens (tertiary/aromatic N) is 5. The van der Waals surface area contributed by atoms with E-state index in [1.165, 1.54) is 0 Å². The van der Waals surface area contributed by atoms with Crippen LogP contribution >= 0.6 is 0 Å². The van der Waals surface area contributed by atoms with Crippen LogP contribution in [0.4, 0.5) is 13.2 Å². The molecule has 162 valence electrons. The molecule has 0 N–H and O–H groups in total. The smallest absolute Gasteiger partial charge is 0.271 e. The highest BCUT2D eigenvalue weighted by Crippen LogP contribution is 2.46. The number of imidazole rings is 1. The number of hydrogen-bond donors (Lipinski definition) is 0. The van der Waals surface area contributed by atoms with Crippen LogP contribution < -0.4 is 0 Å². The van der Waals surface area contributed by atoms with Crippen molar-refractivity contribution in [3.8, 4) is 11.3 Å². The summed E-state index contributed by atoms with van der Waals surface area (Å²) in [7, 11) is 1.69. The van der Waals surface area contributed by atoms with Gasteiger partial charge in [0.05, 0.1) is 17.4 Å². The zero-order chi connectivity index (χ0) is 22.1. The molecule has 6 nitrogen and oxygen atoms in total. The van der Waals surface area contributed by atoms with Crippen molar-refractivity contribution in [1.82, 2.24) is 24.1 Å². The zero-order valence-corrected chi connectivity index (χ0v) is 17.1. The minimum absolute atomic E-state index is 0.0585. The third kappa shape index (κ3) is 2.57. The number of fused-ring (bicyclic) bond motifs is 5. The molecule has 1 fully saturated rings. The monoisotopic (exact) mass is 437 g/mol. The summed E-state index contributed by atoms with van der Waals surface area (Å²) in [6, 6.07) is 7.13. The maximum absolute atomic E-state index is 13.9. The third-order valence-corrected chi connectivity index (χ3v) is 6.57. The number of rotatable bonds is 2. The predicted molar refractivity (Wildman–Crippen MR) is 109 cm³/mol. The number of amides is 1. The second-order valence-electron chi connectivity index (χ2n) is 8.32. The normalized spacial score (nSPS) is 19.6. The molecule has 4 aromatic rings. The molecule has 2 aliphatic heterocycles. The van der Waals surface area contributed by atoms with E-state index in [0.717, 1.165) is 36.2 Å². The average molecular weight is 437 g/mol. The minimum atomic E-state index is -1.49. The lowest BCUT2D eigenvalue weighted by Crippen LogP contribution is -2.42. The average Bonchev–Trinajstić information content (AvgIpc) is 3.46. The van der Waals surface area contributed by atoms with Gasteiger partial charge in [-0.3, -0.25) is 13.9 Å². The Kier molecular flexibility index (Phi) is 3.99. The molecule has 6 rings (SSSR count). The van der Waals surface area contributed by atoms with Gasteiger partial charge in [-0.05, 0) is 43.5 Å². The Morgan fingerprint density at radius 1 is 1.12 bits per heavy atom. The Bertz CT molecular complexity index is 1390. The van der Waals surface area contributed by atoms with Crippen LogP contribution in [0, 0.1) is 17.5 Å². The van der Waals surface area contributed by atoms with E-state index in [-0.39, 0.29) is 23.6 Å². The van der Waals surface area contributed by atoms with E-state index < -0.39 is 17.5 Å². The van der Waals surface area contributed by atoms with Crippen LogP contribution in [0.3, 0.4) is 0 Å². The minimum Gasteiger partial charge on any atom is -0.325 e. The molecule has 2 aliphatic rings. The van der Waals surface area contributed by atoms with Crippen molar-refractivity contribution >= 4 is 11.6 Å². The number of benzene rings is 1. The topological polar surface area (TPSA) is 55.4 Å². The molecule has 1 aromatic carbocycles. The second-order valence-corrected chi connectivity index (χ2v) is 8.32. The van der Waals surface area contributed by atoms with Crippen molar-refractivity contribution < 1.29 is 18.0 Å². The highest BCUT2D eigenvalue weighted by atomic mass is 19.2. The molecule has 2 bridgehead atoms. The fourth-order valence-electron chi connectivity index (χ4n) is 5.26. The van der Waals surface area contributed by atoms with Gasteiger partial charge in [0.2, 0.25) is 0 Å². The van der Waals surface area contributed by atoms with Crippen LogP contribution in [0.15, 0.2) is 42.7 Å². The Labute approximate surface area is 180 Å². The van der Waals surface area contributed by atoms with Gasteiger partial charge in [0.25, 0.3) is 5.91 Å². The van der Waals surface area contributed by atoms with E-state index in [4.69, 9.17) is 0 Å². The number of aromatic nitrogens is 4. The summed E-state index contributed by atoms with van der Waals surface area (Å²) >= 11 is 0. The summed E-state index contributed by atoms with van der Waals surface area (Å²) < 4.78 is 44.7. The van der Waals surface area contributed by atoms with Crippen LogP contribution in [0.5, 0.6) is 0 Å². The van der Waals surface area contributed by atoms with E-state index >= 15 is 0 Å². The van der Waals surface area contributed by atoms with Crippen molar-refractivity contribution in [2.75, 3.05) is 0 Å². The Morgan fingerprint density at radius 2 is 1.91 bits per heavy atom. The molecule has 5 heterocycles. The molecule has 3 aromatic heterocycles. The number of carbonyl (C=O) groups excluding carboxylic acids is 1. The first-order valence-electron chi connectivity index (χ1n) is 10.4. The summed E-state index contributed by atoms with van der Waals surface area (Å²) in [6.45, 7) is 0. The maximum atomic E-state index is 13.9. The molecular formula is C23H18F3N5O. The van der Waals surface area contributed by atoms with Crippen LogP contribution in [-0.2, 0) is 13.5 Å². The summed E-state index contributed by atoms with van der Waals surface area (Å²) in [5.74, 6) is -4.06. The van der Waals surface area contributed by atoms with Gasteiger partial charge in [-0.15, -0.1) is 0 Å². The van der Waals surface area contributed by atoms with Gasteiger partial charge in [0, 0.05) is 36.6 Å². The zero-order valence-electron chi connectivity index (χ0n) is 17.1. The number of hydrogen-bond acceptors (Lipinski definition) is 3. The first-order valence-corrected chi connectivity index (χ1v) is 10.4. The molecule has 0 radical (unpaired) electrons. The maximum Gasteiger partial charge on any atom is 0.271 e. The van der Waals surface area contributed by atoms with Crippen LogP contribution in [0.25, 0.3) is 16.9 Å². The molecule has 0 unspecified atom stereocenters. The van der Waals surface area contributed by atoms with E-state index in [2.05, 4.69) is 10.1 Å². The predicted octanol–water partition coefficient (Wildman–Crippen LogP) is 4.05. The molecule has 0 spiro atoms. The highest BCUT2D eigenvalue weighted by Gasteiger charge is 2.46. The first kappa shape index (κ1) is 19.1. The van der Waals surface area contributed by atoms with Gasteiger partial charge in [0.15, 0.2) is 17.5 Å². The van der Waals surface area contributed by atoms with Crippen molar-refractivity contribution in [3.63, 3.8) is 0 Å². The van der Waals surface area contributed by atoms with Crippen molar-refractivity contribution in [3.05, 3.63) is 77.1 Å². The fourth-order valence-corrected chi connectivity index (χ4v) is 5.26. The second kappa shape index (κ2) is 6.69. The summed E-state index contributed by atoms with van der Waals surface area (Å²) in [5.41, 5.74) is 3.60. The van der Waals surface area contributed by atoms with Crippen molar-refractivity contribution in [2.45, 2.75) is 31.3 Å². The van der Waals surface area contributed by atoms with E-state index in [1.807, 2.05) is 17.0 Å². The number of halogens is 3. The number of carbonyl (C=O) groups is 1. The van der Waals surface area contributed by atoms with Gasteiger partial charge in [-0.2, -0.15) is 5.10 Å². The Hall–Kier alpha value is -3.62. The fraction of sp³-hybridized carbons (Fsp3) is 0.261. The highest BCUT2D eigenvalue weighted by molar-refractivity contribution is 5.94. The summed E-state index contributed by atoms with van der Waals surface area (Å²) in [5, 5.41) is 4.63. The molecule has 0 saturated carbocycles. The lowest BCUT2D eigenvalue weighted by Gasteiger charge is -2.34. The molecule has 9 heteroatoms. The Balaban J connectivity index is 1.44. The van der Waals surface area contributed by atoms with E-state index in [9.17, 15) is 18.0 Å². The number of pyridine rings is 1. The SMILES string of the molecule is Cn1nc2c(c1-c1cc(F)c(F)c(F)c1)C[C@@H]1CC[C@H]2N1C(=O)c1cccc2nccn12. The molecule has 1 saturated heterocycles. The molecule has 1 amide bonds. The van der Waals surface area contributed by atoms with E-state index in [1.54, 1.807) is 34.6 Å².